The van der Waals surface area contributed by atoms with Gasteiger partial charge in [0, 0.05) is 45.6 Å². The summed E-state index contributed by atoms with van der Waals surface area (Å²) in [6.07, 6.45) is 5.83. The summed E-state index contributed by atoms with van der Waals surface area (Å²) in [5.74, 6) is 0.438. The normalized spacial score (nSPS) is 20.1. The Bertz CT molecular complexity index is 446. The van der Waals surface area contributed by atoms with Crippen LogP contribution >= 0.6 is 0 Å². The van der Waals surface area contributed by atoms with E-state index < -0.39 is 0 Å². The van der Waals surface area contributed by atoms with Gasteiger partial charge in [0.2, 0.25) is 5.91 Å². The topological polar surface area (TPSA) is 61.6 Å². The number of nitrogens with zero attached hydrogens (tertiary/aromatic N) is 4. The Morgan fingerprint density at radius 2 is 2.40 bits per heavy atom. The first-order chi connectivity index (χ1) is 9.58. The number of aliphatic hydroxyl groups is 1. The van der Waals surface area contributed by atoms with Crippen LogP contribution in [0.2, 0.25) is 0 Å². The van der Waals surface area contributed by atoms with Crippen molar-refractivity contribution in [1.82, 2.24) is 19.6 Å². The van der Waals surface area contributed by atoms with Gasteiger partial charge in [0.15, 0.2) is 0 Å². The van der Waals surface area contributed by atoms with Gasteiger partial charge in [-0.3, -0.25) is 14.4 Å². The summed E-state index contributed by atoms with van der Waals surface area (Å²) >= 11 is 0. The first-order valence-corrected chi connectivity index (χ1v) is 7.13. The lowest BCUT2D eigenvalue weighted by Gasteiger charge is -2.32. The van der Waals surface area contributed by atoms with E-state index in [0.717, 1.165) is 31.5 Å². The molecule has 6 nitrogen and oxygen atoms in total. The van der Waals surface area contributed by atoms with E-state index in [1.807, 2.05) is 20.3 Å². The maximum Gasteiger partial charge on any atom is 0.236 e. The Labute approximate surface area is 120 Å². The largest absolute Gasteiger partial charge is 0.396 e. The highest BCUT2D eigenvalue weighted by Gasteiger charge is 2.22. The molecule has 6 heteroatoms. The summed E-state index contributed by atoms with van der Waals surface area (Å²) in [4.78, 5) is 16.1. The number of amides is 1. The average Bonchev–Trinajstić information content (AvgIpc) is 2.84. The molecule has 1 unspecified atom stereocenters. The fraction of sp³-hybridized carbons (Fsp3) is 0.714. The highest BCUT2D eigenvalue weighted by Crippen LogP contribution is 2.15. The summed E-state index contributed by atoms with van der Waals surface area (Å²) < 4.78 is 1.74. The van der Waals surface area contributed by atoms with Gasteiger partial charge in [-0.15, -0.1) is 0 Å². The van der Waals surface area contributed by atoms with E-state index in [0.29, 0.717) is 19.0 Å². The molecular formula is C14H24N4O2. The molecule has 0 aromatic carbocycles. The molecule has 0 radical (unpaired) electrons. The maximum absolute atomic E-state index is 12.2. The van der Waals surface area contributed by atoms with Gasteiger partial charge in [-0.05, 0) is 25.3 Å². The van der Waals surface area contributed by atoms with Crippen molar-refractivity contribution < 1.29 is 9.90 Å². The minimum Gasteiger partial charge on any atom is -0.396 e. The number of carbonyl (C=O) groups is 1. The molecule has 20 heavy (non-hydrogen) atoms. The summed E-state index contributed by atoms with van der Waals surface area (Å²) in [7, 11) is 3.69. The SMILES string of the molecule is CN(Cc1cnn(C)c1)C(=O)CN1CCCC(CO)C1. The van der Waals surface area contributed by atoms with Crippen LogP contribution in [0, 0.1) is 5.92 Å². The van der Waals surface area contributed by atoms with Crippen molar-refractivity contribution in [2.24, 2.45) is 13.0 Å². The molecule has 1 saturated heterocycles. The number of aromatic nitrogens is 2. The van der Waals surface area contributed by atoms with E-state index in [2.05, 4.69) is 10.00 Å². The molecule has 1 aromatic rings. The number of likely N-dealkylation sites (tertiary alicyclic amines) is 1. The monoisotopic (exact) mass is 280 g/mol. The fourth-order valence-corrected chi connectivity index (χ4v) is 2.67. The molecule has 1 atom stereocenters. The van der Waals surface area contributed by atoms with Crippen molar-refractivity contribution in [2.75, 3.05) is 33.3 Å². The first-order valence-electron chi connectivity index (χ1n) is 7.13. The molecule has 1 aromatic heterocycles. The average molecular weight is 280 g/mol. The zero-order valence-corrected chi connectivity index (χ0v) is 12.3. The molecule has 1 aliphatic rings. The molecular weight excluding hydrogens is 256 g/mol. The second-order valence-electron chi connectivity index (χ2n) is 5.70. The Morgan fingerprint density at radius 3 is 3.05 bits per heavy atom. The van der Waals surface area contributed by atoms with Gasteiger partial charge >= 0.3 is 0 Å². The van der Waals surface area contributed by atoms with Crippen molar-refractivity contribution >= 4 is 5.91 Å². The van der Waals surface area contributed by atoms with Crippen molar-refractivity contribution in [1.29, 1.82) is 0 Å². The Morgan fingerprint density at radius 1 is 1.60 bits per heavy atom. The molecule has 2 heterocycles. The van der Waals surface area contributed by atoms with E-state index in [1.165, 1.54) is 0 Å². The first kappa shape index (κ1) is 15.0. The van der Waals surface area contributed by atoms with Gasteiger partial charge in [-0.25, -0.2) is 0 Å². The summed E-state index contributed by atoms with van der Waals surface area (Å²) in [6.45, 7) is 3.01. The van der Waals surface area contributed by atoms with Crippen molar-refractivity contribution in [2.45, 2.75) is 19.4 Å². The fourth-order valence-electron chi connectivity index (χ4n) is 2.67. The lowest BCUT2D eigenvalue weighted by Crippen LogP contribution is -2.43. The van der Waals surface area contributed by atoms with Crippen molar-refractivity contribution in [3.63, 3.8) is 0 Å². The van der Waals surface area contributed by atoms with E-state index >= 15 is 0 Å². The minimum atomic E-state index is 0.118. The smallest absolute Gasteiger partial charge is 0.236 e. The predicted octanol–water partition coefficient (Wildman–Crippen LogP) is 0.0828. The molecule has 1 N–H and O–H groups in total. The molecule has 0 saturated carbocycles. The molecule has 1 aliphatic heterocycles. The molecule has 0 spiro atoms. The van der Waals surface area contributed by atoms with Crippen LogP contribution < -0.4 is 0 Å². The van der Waals surface area contributed by atoms with Gasteiger partial charge < -0.3 is 10.0 Å². The Hall–Kier alpha value is -1.40. The van der Waals surface area contributed by atoms with E-state index in [4.69, 9.17) is 0 Å². The minimum absolute atomic E-state index is 0.118. The second kappa shape index (κ2) is 6.85. The maximum atomic E-state index is 12.2. The Balaban J connectivity index is 1.81. The highest BCUT2D eigenvalue weighted by molar-refractivity contribution is 5.78. The Kier molecular flexibility index (Phi) is 5.14. The molecule has 0 bridgehead atoms. The third-order valence-corrected chi connectivity index (χ3v) is 3.82. The lowest BCUT2D eigenvalue weighted by atomic mass is 9.99. The number of rotatable bonds is 5. The standard InChI is InChI=1S/C14H24N4O2/c1-16(7-13-6-15-17(2)8-13)14(20)10-18-5-3-4-12(9-18)11-19/h6,8,12,19H,3-5,7,9-11H2,1-2H3. The van der Waals surface area contributed by atoms with Crippen LogP contribution in [0.3, 0.4) is 0 Å². The van der Waals surface area contributed by atoms with Gasteiger partial charge in [-0.1, -0.05) is 0 Å². The number of hydrogen-bond acceptors (Lipinski definition) is 4. The van der Waals surface area contributed by atoms with Gasteiger partial charge in [0.1, 0.15) is 0 Å². The zero-order valence-electron chi connectivity index (χ0n) is 12.3. The predicted molar refractivity (Wildman–Crippen MR) is 75.9 cm³/mol. The van der Waals surface area contributed by atoms with Gasteiger partial charge in [-0.2, -0.15) is 5.10 Å². The third kappa shape index (κ3) is 4.05. The number of likely N-dealkylation sites (N-methyl/N-ethyl adjacent to an activating group) is 1. The zero-order chi connectivity index (χ0) is 14.5. The number of carbonyl (C=O) groups excluding carboxylic acids is 1. The van der Waals surface area contributed by atoms with Gasteiger partial charge in [0.05, 0.1) is 12.7 Å². The van der Waals surface area contributed by atoms with Crippen LogP contribution in [0.4, 0.5) is 0 Å². The van der Waals surface area contributed by atoms with Crippen LogP contribution in [-0.2, 0) is 18.4 Å². The van der Waals surface area contributed by atoms with E-state index in [9.17, 15) is 9.90 Å². The molecule has 1 fully saturated rings. The molecule has 112 valence electrons. The number of aryl methyl sites for hydroxylation is 1. The highest BCUT2D eigenvalue weighted by atomic mass is 16.3. The van der Waals surface area contributed by atoms with Crippen LogP contribution in [0.5, 0.6) is 0 Å². The second-order valence-corrected chi connectivity index (χ2v) is 5.70. The number of piperidine rings is 1. The number of hydrogen-bond donors (Lipinski definition) is 1. The number of aliphatic hydroxyl groups excluding tert-OH is 1. The summed E-state index contributed by atoms with van der Waals surface area (Å²) in [5.41, 5.74) is 1.04. The summed E-state index contributed by atoms with van der Waals surface area (Å²) in [6, 6.07) is 0. The van der Waals surface area contributed by atoms with Crippen molar-refractivity contribution in [3.05, 3.63) is 18.0 Å². The van der Waals surface area contributed by atoms with Crippen LogP contribution in [0.25, 0.3) is 0 Å². The molecule has 2 rings (SSSR count). The third-order valence-electron chi connectivity index (χ3n) is 3.82. The lowest BCUT2D eigenvalue weighted by molar-refractivity contribution is -0.132. The van der Waals surface area contributed by atoms with Crippen LogP contribution in [0.1, 0.15) is 18.4 Å². The van der Waals surface area contributed by atoms with Gasteiger partial charge in [0.25, 0.3) is 0 Å². The van der Waals surface area contributed by atoms with Crippen LogP contribution in [-0.4, -0.2) is 63.9 Å². The quantitative estimate of drug-likeness (QED) is 0.830. The van der Waals surface area contributed by atoms with E-state index in [1.54, 1.807) is 15.8 Å². The molecule has 0 aliphatic carbocycles. The van der Waals surface area contributed by atoms with Crippen LogP contribution in [0.15, 0.2) is 12.4 Å². The summed E-state index contributed by atoms with van der Waals surface area (Å²) in [5, 5.41) is 13.3. The van der Waals surface area contributed by atoms with E-state index in [-0.39, 0.29) is 12.5 Å². The molecule has 1 amide bonds. The van der Waals surface area contributed by atoms with Crippen molar-refractivity contribution in [3.8, 4) is 0 Å².